The van der Waals surface area contributed by atoms with E-state index in [1.807, 2.05) is 0 Å². The smallest absolute Gasteiger partial charge is 0.237 e. The Morgan fingerprint density at radius 2 is 2.10 bits per heavy atom. The Kier molecular flexibility index (Phi) is 4.60. The molecule has 1 aromatic rings. The number of primary amides is 1. The zero-order valence-corrected chi connectivity index (χ0v) is 11.7. The van der Waals surface area contributed by atoms with Crippen LogP contribution in [0.1, 0.15) is 37.7 Å². The van der Waals surface area contributed by atoms with E-state index < -0.39 is 11.4 Å². The molecule has 1 aromatic carbocycles. The van der Waals surface area contributed by atoms with E-state index in [0.29, 0.717) is 6.54 Å². The normalized spacial score (nSPS) is 17.7. The summed E-state index contributed by atoms with van der Waals surface area (Å²) in [5.74, 6) is -0.495. The summed E-state index contributed by atoms with van der Waals surface area (Å²) in [6.07, 6.45) is 4.62. The Morgan fingerprint density at radius 3 is 2.65 bits per heavy atom. The Labute approximate surface area is 118 Å². The first-order chi connectivity index (χ1) is 9.57. The van der Waals surface area contributed by atoms with Crippen molar-refractivity contribution in [2.45, 2.75) is 44.2 Å². The number of ether oxygens (including phenoxy) is 1. The minimum atomic E-state index is -0.644. The molecule has 5 heteroatoms. The second-order valence-corrected chi connectivity index (χ2v) is 5.33. The lowest BCUT2D eigenvalue weighted by Crippen LogP contribution is -2.56. The van der Waals surface area contributed by atoms with Crippen LogP contribution in [0.2, 0.25) is 0 Å². The fourth-order valence-corrected chi connectivity index (χ4v) is 2.76. The average molecular weight is 280 g/mol. The van der Waals surface area contributed by atoms with Gasteiger partial charge in [-0.2, -0.15) is 0 Å². The van der Waals surface area contributed by atoms with Gasteiger partial charge >= 0.3 is 0 Å². The molecular formula is C15H21FN2O2. The van der Waals surface area contributed by atoms with Crippen molar-refractivity contribution in [1.82, 2.24) is 5.32 Å². The summed E-state index contributed by atoms with van der Waals surface area (Å²) >= 11 is 0. The van der Waals surface area contributed by atoms with Crippen LogP contribution in [0.3, 0.4) is 0 Å². The highest BCUT2D eigenvalue weighted by Crippen LogP contribution is 2.28. The van der Waals surface area contributed by atoms with Gasteiger partial charge < -0.3 is 10.5 Å². The number of halogens is 1. The van der Waals surface area contributed by atoms with Crippen LogP contribution in [0, 0.1) is 5.82 Å². The highest BCUT2D eigenvalue weighted by Gasteiger charge is 2.37. The van der Waals surface area contributed by atoms with Gasteiger partial charge in [0.15, 0.2) is 11.6 Å². The van der Waals surface area contributed by atoms with Crippen LogP contribution in [-0.2, 0) is 11.3 Å². The van der Waals surface area contributed by atoms with E-state index in [1.165, 1.54) is 13.2 Å². The van der Waals surface area contributed by atoms with Gasteiger partial charge in [-0.1, -0.05) is 25.3 Å². The van der Waals surface area contributed by atoms with Crippen LogP contribution in [0.4, 0.5) is 4.39 Å². The molecule has 0 aliphatic heterocycles. The Morgan fingerprint density at radius 1 is 1.40 bits per heavy atom. The van der Waals surface area contributed by atoms with Gasteiger partial charge in [0.05, 0.1) is 12.6 Å². The molecule has 0 bridgehead atoms. The Hall–Kier alpha value is -1.62. The molecule has 1 amide bonds. The van der Waals surface area contributed by atoms with E-state index in [2.05, 4.69) is 5.32 Å². The molecule has 0 radical (unpaired) electrons. The monoisotopic (exact) mass is 280 g/mol. The molecular weight excluding hydrogens is 259 g/mol. The van der Waals surface area contributed by atoms with Crippen molar-refractivity contribution in [3.8, 4) is 5.75 Å². The number of nitrogens with two attached hydrogens (primary N) is 1. The molecule has 0 heterocycles. The lowest BCUT2D eigenvalue weighted by molar-refractivity contribution is -0.125. The van der Waals surface area contributed by atoms with Gasteiger partial charge in [0, 0.05) is 6.54 Å². The fourth-order valence-electron chi connectivity index (χ4n) is 2.76. The molecule has 2 rings (SSSR count). The lowest BCUT2D eigenvalue weighted by Gasteiger charge is -2.35. The number of amides is 1. The molecule has 20 heavy (non-hydrogen) atoms. The van der Waals surface area contributed by atoms with Gasteiger partial charge in [-0.3, -0.25) is 10.1 Å². The zero-order chi connectivity index (χ0) is 14.6. The summed E-state index contributed by atoms with van der Waals surface area (Å²) in [5, 5.41) is 3.23. The predicted molar refractivity (Wildman–Crippen MR) is 74.8 cm³/mol. The van der Waals surface area contributed by atoms with Crippen molar-refractivity contribution in [3.63, 3.8) is 0 Å². The van der Waals surface area contributed by atoms with Crippen molar-refractivity contribution in [2.24, 2.45) is 5.73 Å². The van der Waals surface area contributed by atoms with Gasteiger partial charge in [-0.25, -0.2) is 4.39 Å². The van der Waals surface area contributed by atoms with E-state index in [-0.39, 0.29) is 11.7 Å². The number of rotatable bonds is 5. The molecule has 0 unspecified atom stereocenters. The minimum Gasteiger partial charge on any atom is -0.494 e. The quantitative estimate of drug-likeness (QED) is 0.868. The molecule has 1 fully saturated rings. The van der Waals surface area contributed by atoms with Crippen molar-refractivity contribution in [1.29, 1.82) is 0 Å². The molecule has 1 aliphatic rings. The zero-order valence-electron chi connectivity index (χ0n) is 11.7. The molecule has 0 atom stereocenters. The molecule has 0 saturated heterocycles. The van der Waals surface area contributed by atoms with E-state index in [4.69, 9.17) is 10.5 Å². The maximum Gasteiger partial charge on any atom is 0.237 e. The molecule has 3 N–H and O–H groups in total. The Balaban J connectivity index is 2.06. The number of hydrogen-bond acceptors (Lipinski definition) is 3. The number of carbonyl (C=O) groups excluding carboxylic acids is 1. The van der Waals surface area contributed by atoms with Gasteiger partial charge in [0.1, 0.15) is 0 Å². The number of methoxy groups -OCH3 is 1. The topological polar surface area (TPSA) is 64.3 Å². The first kappa shape index (κ1) is 14.8. The van der Waals surface area contributed by atoms with Crippen LogP contribution in [-0.4, -0.2) is 18.6 Å². The predicted octanol–water partition coefficient (Wildman–Crippen LogP) is 2.11. The van der Waals surface area contributed by atoms with E-state index >= 15 is 0 Å². The van der Waals surface area contributed by atoms with E-state index in [9.17, 15) is 9.18 Å². The molecule has 110 valence electrons. The van der Waals surface area contributed by atoms with Crippen LogP contribution in [0.5, 0.6) is 5.75 Å². The number of nitrogens with one attached hydrogen (secondary N) is 1. The van der Waals surface area contributed by atoms with Crippen LogP contribution >= 0.6 is 0 Å². The van der Waals surface area contributed by atoms with Crippen molar-refractivity contribution in [3.05, 3.63) is 29.6 Å². The average Bonchev–Trinajstić information content (AvgIpc) is 2.46. The number of hydrogen-bond donors (Lipinski definition) is 2. The molecule has 1 aliphatic carbocycles. The van der Waals surface area contributed by atoms with Crippen LogP contribution in [0.25, 0.3) is 0 Å². The maximum atomic E-state index is 13.6. The molecule has 0 aromatic heterocycles. The first-order valence-corrected chi connectivity index (χ1v) is 6.95. The SMILES string of the molecule is COc1ccc(CNC2(C(N)=O)CCCCC2)cc1F. The third-order valence-electron chi connectivity index (χ3n) is 4.03. The molecule has 0 spiro atoms. The summed E-state index contributed by atoms with van der Waals surface area (Å²) in [6.45, 7) is 0.420. The summed E-state index contributed by atoms with van der Waals surface area (Å²) < 4.78 is 18.5. The molecule has 1 saturated carbocycles. The summed E-state index contributed by atoms with van der Waals surface area (Å²) in [4.78, 5) is 11.7. The van der Waals surface area contributed by atoms with Crippen molar-refractivity contribution in [2.75, 3.05) is 7.11 Å². The third-order valence-corrected chi connectivity index (χ3v) is 4.03. The van der Waals surface area contributed by atoms with Crippen molar-refractivity contribution >= 4 is 5.91 Å². The summed E-state index contributed by atoms with van der Waals surface area (Å²) in [6, 6.07) is 4.79. The highest BCUT2D eigenvalue weighted by atomic mass is 19.1. The third kappa shape index (κ3) is 3.10. The largest absolute Gasteiger partial charge is 0.494 e. The van der Waals surface area contributed by atoms with E-state index in [0.717, 1.165) is 37.7 Å². The van der Waals surface area contributed by atoms with Gasteiger partial charge in [-0.05, 0) is 30.5 Å². The summed E-state index contributed by atoms with van der Waals surface area (Å²) in [7, 11) is 1.43. The summed E-state index contributed by atoms with van der Waals surface area (Å²) in [5.41, 5.74) is 5.67. The second kappa shape index (κ2) is 6.22. The van der Waals surface area contributed by atoms with Crippen LogP contribution in [0.15, 0.2) is 18.2 Å². The lowest BCUT2D eigenvalue weighted by atomic mass is 9.81. The standard InChI is InChI=1S/C15H21FN2O2/c1-20-13-6-5-11(9-12(13)16)10-18-15(14(17)19)7-3-2-4-8-15/h5-6,9,18H,2-4,7-8,10H2,1H3,(H2,17,19). The minimum absolute atomic E-state index is 0.219. The van der Waals surface area contributed by atoms with Gasteiger partial charge in [0.2, 0.25) is 5.91 Å². The van der Waals surface area contributed by atoms with Gasteiger partial charge in [0.25, 0.3) is 0 Å². The van der Waals surface area contributed by atoms with Crippen molar-refractivity contribution < 1.29 is 13.9 Å². The highest BCUT2D eigenvalue weighted by molar-refractivity contribution is 5.84. The van der Waals surface area contributed by atoms with E-state index in [1.54, 1.807) is 12.1 Å². The Bertz CT molecular complexity index is 485. The maximum absolute atomic E-state index is 13.6. The molecule has 4 nitrogen and oxygen atoms in total. The van der Waals surface area contributed by atoms with Gasteiger partial charge in [-0.15, -0.1) is 0 Å². The first-order valence-electron chi connectivity index (χ1n) is 6.95. The fraction of sp³-hybridized carbons (Fsp3) is 0.533. The number of carbonyl (C=O) groups is 1. The second-order valence-electron chi connectivity index (χ2n) is 5.33. The number of benzene rings is 1. The van der Waals surface area contributed by atoms with Crippen LogP contribution < -0.4 is 15.8 Å².